The Kier molecular flexibility index (Phi) is 4.60. The molecule has 0 saturated carbocycles. The largest absolute Gasteiger partial charge is 0.346 e. The number of aromatic nitrogens is 3. The van der Waals surface area contributed by atoms with Crippen LogP contribution in [0.4, 0.5) is 0 Å². The fourth-order valence-electron chi connectivity index (χ4n) is 3.90. The Labute approximate surface area is 160 Å². The Morgan fingerprint density at radius 3 is 2.63 bits per heavy atom. The molecule has 1 amide bonds. The molecule has 0 spiro atoms. The Morgan fingerprint density at radius 2 is 1.89 bits per heavy atom. The minimum atomic E-state index is -0.0628. The summed E-state index contributed by atoms with van der Waals surface area (Å²) in [5, 5.41) is 3.06. The molecule has 0 saturated heterocycles. The Balaban J connectivity index is 1.58. The zero-order valence-corrected chi connectivity index (χ0v) is 16.2. The van der Waals surface area contributed by atoms with Gasteiger partial charge in [0, 0.05) is 30.6 Å². The fourth-order valence-corrected chi connectivity index (χ4v) is 3.90. The quantitative estimate of drug-likeness (QED) is 0.766. The van der Waals surface area contributed by atoms with E-state index in [9.17, 15) is 4.79 Å². The van der Waals surface area contributed by atoms with Crippen molar-refractivity contribution in [1.29, 1.82) is 0 Å². The molecule has 0 atom stereocenters. The van der Waals surface area contributed by atoms with Crippen LogP contribution in [0.5, 0.6) is 0 Å². The number of fused-ring (bicyclic) bond motifs is 1. The van der Waals surface area contributed by atoms with Crippen molar-refractivity contribution in [2.24, 2.45) is 0 Å². The highest BCUT2D eigenvalue weighted by molar-refractivity contribution is 5.98. The van der Waals surface area contributed by atoms with Gasteiger partial charge in [-0.15, -0.1) is 0 Å². The summed E-state index contributed by atoms with van der Waals surface area (Å²) in [5.74, 6) is 1.08. The topological polar surface area (TPSA) is 51.9 Å². The van der Waals surface area contributed by atoms with Crippen LogP contribution in [0.1, 0.15) is 51.7 Å². The number of hydrogen-bond donors (Lipinski definition) is 1. The average Bonchev–Trinajstić information content (AvgIpc) is 3.22. The smallest absolute Gasteiger partial charge is 0.253 e. The Morgan fingerprint density at radius 1 is 1.11 bits per heavy atom. The zero-order valence-electron chi connectivity index (χ0n) is 16.2. The third-order valence-corrected chi connectivity index (χ3v) is 5.30. The fraction of sp³-hybridized carbons (Fsp3) is 0.364. The van der Waals surface area contributed by atoms with Gasteiger partial charge < -0.3 is 14.5 Å². The second kappa shape index (κ2) is 7.06. The number of hydrogen-bond acceptors (Lipinski definition) is 2. The standard InChI is InChI=1S/C22H26N4O/c1-15-7-10-20(26-16(2)8-9-17(26)3)19(12-15)22(27)23-13-18-14-25-11-5-4-6-21(25)24-18/h7-10,12,14H,4-6,11,13H2,1-3H3,(H,23,27). The number of carbonyl (C=O) groups is 1. The molecule has 0 fully saturated rings. The van der Waals surface area contributed by atoms with Gasteiger partial charge in [-0.3, -0.25) is 4.79 Å². The van der Waals surface area contributed by atoms with Crippen LogP contribution in [0, 0.1) is 20.8 Å². The molecule has 1 aliphatic heterocycles. The van der Waals surface area contributed by atoms with Crippen LogP contribution in [0.25, 0.3) is 5.69 Å². The monoisotopic (exact) mass is 362 g/mol. The second-order valence-corrected chi connectivity index (χ2v) is 7.45. The number of benzene rings is 1. The van der Waals surface area contributed by atoms with Gasteiger partial charge in [-0.25, -0.2) is 4.98 Å². The molecule has 5 nitrogen and oxygen atoms in total. The van der Waals surface area contributed by atoms with E-state index in [1.165, 1.54) is 12.8 Å². The highest BCUT2D eigenvalue weighted by Gasteiger charge is 2.17. The van der Waals surface area contributed by atoms with Crippen molar-refractivity contribution in [3.63, 3.8) is 0 Å². The molecule has 140 valence electrons. The molecule has 0 aliphatic carbocycles. The van der Waals surface area contributed by atoms with E-state index < -0.39 is 0 Å². The maximum absolute atomic E-state index is 13.0. The van der Waals surface area contributed by atoms with E-state index in [4.69, 9.17) is 0 Å². The van der Waals surface area contributed by atoms with Crippen LogP contribution in [-0.4, -0.2) is 20.0 Å². The first-order chi connectivity index (χ1) is 13.0. The van der Waals surface area contributed by atoms with Gasteiger partial charge in [-0.1, -0.05) is 11.6 Å². The molecule has 1 aromatic carbocycles. The molecular formula is C22H26N4O. The molecule has 4 rings (SSSR count). The van der Waals surface area contributed by atoms with E-state index in [0.29, 0.717) is 12.1 Å². The molecule has 3 aromatic rings. The molecule has 27 heavy (non-hydrogen) atoms. The van der Waals surface area contributed by atoms with Crippen molar-refractivity contribution in [3.8, 4) is 5.69 Å². The molecule has 0 bridgehead atoms. The molecule has 3 heterocycles. The molecular weight excluding hydrogens is 336 g/mol. The lowest BCUT2D eigenvalue weighted by Gasteiger charge is -2.15. The maximum Gasteiger partial charge on any atom is 0.253 e. The SMILES string of the molecule is Cc1ccc(-n2c(C)ccc2C)c(C(=O)NCc2cn3c(n2)CCCC3)c1. The molecule has 1 N–H and O–H groups in total. The highest BCUT2D eigenvalue weighted by Crippen LogP contribution is 2.22. The van der Waals surface area contributed by atoms with Crippen LogP contribution in [0.15, 0.2) is 36.5 Å². The summed E-state index contributed by atoms with van der Waals surface area (Å²) in [5.41, 5.74) is 5.86. The van der Waals surface area contributed by atoms with E-state index in [1.807, 2.05) is 19.1 Å². The van der Waals surface area contributed by atoms with Gasteiger partial charge in [-0.2, -0.15) is 0 Å². The third kappa shape index (κ3) is 3.42. The van der Waals surface area contributed by atoms with Crippen LogP contribution in [0.2, 0.25) is 0 Å². The molecule has 0 radical (unpaired) electrons. The minimum Gasteiger partial charge on any atom is -0.346 e. The first-order valence-electron chi connectivity index (χ1n) is 9.62. The van der Waals surface area contributed by atoms with Crippen molar-refractivity contribution in [2.75, 3.05) is 0 Å². The van der Waals surface area contributed by atoms with Crippen molar-refractivity contribution >= 4 is 5.91 Å². The summed E-state index contributed by atoms with van der Waals surface area (Å²) in [6, 6.07) is 10.2. The number of amides is 1. The summed E-state index contributed by atoms with van der Waals surface area (Å²) in [7, 11) is 0. The van der Waals surface area contributed by atoms with Crippen molar-refractivity contribution in [1.82, 2.24) is 19.4 Å². The third-order valence-electron chi connectivity index (χ3n) is 5.30. The van der Waals surface area contributed by atoms with E-state index in [0.717, 1.165) is 47.1 Å². The predicted octanol–water partition coefficient (Wildman–Crippen LogP) is 3.87. The maximum atomic E-state index is 13.0. The van der Waals surface area contributed by atoms with Gasteiger partial charge in [0.25, 0.3) is 5.91 Å². The first-order valence-corrected chi connectivity index (χ1v) is 9.62. The summed E-state index contributed by atoms with van der Waals surface area (Å²) >= 11 is 0. The number of carbonyl (C=O) groups excluding carboxylic acids is 1. The van der Waals surface area contributed by atoms with E-state index in [1.54, 1.807) is 0 Å². The summed E-state index contributed by atoms with van der Waals surface area (Å²) < 4.78 is 4.35. The van der Waals surface area contributed by atoms with Crippen molar-refractivity contribution in [2.45, 2.75) is 53.1 Å². The van der Waals surface area contributed by atoms with Crippen LogP contribution in [-0.2, 0) is 19.5 Å². The van der Waals surface area contributed by atoms with E-state index in [-0.39, 0.29) is 5.91 Å². The number of imidazole rings is 1. The van der Waals surface area contributed by atoms with E-state index in [2.05, 4.69) is 57.7 Å². The lowest BCUT2D eigenvalue weighted by Crippen LogP contribution is -2.25. The summed E-state index contributed by atoms with van der Waals surface area (Å²) in [6.45, 7) is 7.62. The van der Waals surface area contributed by atoms with Crippen molar-refractivity contribution in [3.05, 3.63) is 70.6 Å². The lowest BCUT2D eigenvalue weighted by atomic mass is 10.1. The van der Waals surface area contributed by atoms with Gasteiger partial charge in [-0.05, 0) is 57.9 Å². The molecule has 0 unspecified atom stereocenters. The molecule has 1 aliphatic rings. The first kappa shape index (κ1) is 17.6. The van der Waals surface area contributed by atoms with Gasteiger partial charge in [0.05, 0.1) is 23.5 Å². The highest BCUT2D eigenvalue weighted by atomic mass is 16.1. The number of aryl methyl sites for hydroxylation is 5. The van der Waals surface area contributed by atoms with Crippen molar-refractivity contribution < 1.29 is 4.79 Å². The molecule has 2 aromatic heterocycles. The van der Waals surface area contributed by atoms with Gasteiger partial charge >= 0.3 is 0 Å². The zero-order chi connectivity index (χ0) is 19.0. The second-order valence-electron chi connectivity index (χ2n) is 7.45. The molecule has 5 heteroatoms. The number of nitrogens with one attached hydrogen (secondary N) is 1. The Hall–Kier alpha value is -2.82. The Bertz CT molecular complexity index is 953. The van der Waals surface area contributed by atoms with Crippen LogP contribution in [0.3, 0.4) is 0 Å². The van der Waals surface area contributed by atoms with Gasteiger partial charge in [0.1, 0.15) is 5.82 Å². The average molecular weight is 362 g/mol. The predicted molar refractivity (Wildman–Crippen MR) is 106 cm³/mol. The van der Waals surface area contributed by atoms with E-state index >= 15 is 0 Å². The minimum absolute atomic E-state index is 0.0628. The van der Waals surface area contributed by atoms with Gasteiger partial charge in [0.15, 0.2) is 0 Å². The normalized spacial score (nSPS) is 13.4. The summed E-state index contributed by atoms with van der Waals surface area (Å²) in [4.78, 5) is 17.7. The number of nitrogens with zero attached hydrogens (tertiary/aromatic N) is 3. The van der Waals surface area contributed by atoms with Crippen LogP contribution >= 0.6 is 0 Å². The summed E-state index contributed by atoms with van der Waals surface area (Å²) in [6.07, 6.45) is 5.51. The lowest BCUT2D eigenvalue weighted by molar-refractivity contribution is 0.0950. The van der Waals surface area contributed by atoms with Gasteiger partial charge in [0.2, 0.25) is 0 Å². The number of rotatable bonds is 4. The van der Waals surface area contributed by atoms with Crippen LogP contribution < -0.4 is 5.32 Å².